The Morgan fingerprint density at radius 2 is 1.92 bits per heavy atom. The number of carbonyl (C=O) groups is 2. The summed E-state index contributed by atoms with van der Waals surface area (Å²) >= 11 is 6.05. The highest BCUT2D eigenvalue weighted by Gasteiger charge is 2.19. The third kappa shape index (κ3) is 7.58. The molecule has 1 unspecified atom stereocenters. The zero-order valence-electron chi connectivity index (χ0n) is 21.2. The van der Waals surface area contributed by atoms with Gasteiger partial charge in [0.2, 0.25) is 0 Å². The van der Waals surface area contributed by atoms with E-state index in [0.29, 0.717) is 36.7 Å². The second-order valence-electron chi connectivity index (χ2n) is 8.94. The van der Waals surface area contributed by atoms with E-state index in [1.807, 2.05) is 43.5 Å². The minimum Gasteiger partial charge on any atom is -0.492 e. The fraction of sp³-hybridized carbons (Fsp3) is 0.423. The Balaban J connectivity index is 1.35. The first-order valence-electron chi connectivity index (χ1n) is 12.3. The molecule has 0 radical (unpaired) electrons. The number of rotatable bonds is 9. The molecule has 198 valence electrons. The minimum atomic E-state index is -0.333. The van der Waals surface area contributed by atoms with Crippen LogP contribution in [0.1, 0.15) is 6.42 Å². The molecular weight excluding hydrogens is 496 g/mol. The third-order valence-electron chi connectivity index (χ3n) is 6.35. The molecule has 2 aliphatic rings. The van der Waals surface area contributed by atoms with Gasteiger partial charge < -0.3 is 20.1 Å². The number of halogens is 1. The van der Waals surface area contributed by atoms with Crippen molar-refractivity contribution in [3.05, 3.63) is 54.4 Å². The smallest absolute Gasteiger partial charge is 0.323 e. The number of urea groups is 1. The summed E-state index contributed by atoms with van der Waals surface area (Å²) in [4.78, 5) is 28.4. The lowest BCUT2D eigenvalue weighted by molar-refractivity contribution is -0.142. The van der Waals surface area contributed by atoms with Gasteiger partial charge in [0.05, 0.1) is 24.7 Å². The molecule has 1 aromatic carbocycles. The van der Waals surface area contributed by atoms with Gasteiger partial charge in [-0.1, -0.05) is 12.2 Å². The van der Waals surface area contributed by atoms with Crippen LogP contribution in [-0.4, -0.2) is 89.9 Å². The molecule has 2 aromatic rings. The molecule has 0 bridgehead atoms. The molecule has 10 nitrogen and oxygen atoms in total. The number of alkyl halides is 1. The Hall–Kier alpha value is -3.34. The topological polar surface area (TPSA) is 101 Å². The molecule has 4 rings (SSSR count). The molecule has 1 aliphatic heterocycles. The molecular formula is C26H33ClN6O4. The second kappa shape index (κ2) is 12.8. The Morgan fingerprint density at radius 1 is 1.14 bits per heavy atom. The first-order chi connectivity index (χ1) is 17.9. The van der Waals surface area contributed by atoms with E-state index in [-0.39, 0.29) is 17.4 Å². The predicted molar refractivity (Wildman–Crippen MR) is 143 cm³/mol. The average Bonchev–Trinajstić information content (AvgIpc) is 3.32. The first-order valence-corrected chi connectivity index (χ1v) is 12.7. The van der Waals surface area contributed by atoms with Crippen molar-refractivity contribution in [3.63, 3.8) is 0 Å². The highest BCUT2D eigenvalue weighted by molar-refractivity contribution is 6.22. The highest BCUT2D eigenvalue weighted by atomic mass is 35.5. The molecule has 1 aromatic heterocycles. The first kappa shape index (κ1) is 26.7. The number of aryl methyl sites for hydroxylation is 1. The van der Waals surface area contributed by atoms with Crippen LogP contribution < -0.4 is 15.4 Å². The molecule has 11 heteroatoms. The van der Waals surface area contributed by atoms with E-state index in [1.165, 1.54) is 7.11 Å². The van der Waals surface area contributed by atoms with Crippen molar-refractivity contribution < 1.29 is 19.1 Å². The Labute approximate surface area is 221 Å². The lowest BCUT2D eigenvalue weighted by Gasteiger charge is -2.33. The van der Waals surface area contributed by atoms with Crippen LogP contribution in [-0.2, 0) is 16.6 Å². The van der Waals surface area contributed by atoms with Crippen LogP contribution in [0.3, 0.4) is 0 Å². The van der Waals surface area contributed by atoms with Gasteiger partial charge in [0.15, 0.2) is 0 Å². The molecule has 2 heterocycles. The van der Waals surface area contributed by atoms with Crippen LogP contribution in [0, 0.1) is 0 Å². The zero-order valence-corrected chi connectivity index (χ0v) is 21.9. The molecule has 0 saturated carbocycles. The molecule has 1 saturated heterocycles. The number of anilines is 1. The zero-order chi connectivity index (χ0) is 26.2. The SMILES string of the molecule is COC(=O)CN1CCN(CCOc2ccc(NC(=O)NC3=CCC(Cl)C=C3)cc2-c2ccnn2C)CC1. The quantitative estimate of drug-likeness (QED) is 0.381. The van der Waals surface area contributed by atoms with Crippen molar-refractivity contribution in [3.8, 4) is 17.0 Å². The van der Waals surface area contributed by atoms with Crippen LogP contribution in [0.4, 0.5) is 10.5 Å². The number of nitrogens with zero attached hydrogens (tertiary/aromatic N) is 4. The van der Waals surface area contributed by atoms with Crippen LogP contribution >= 0.6 is 11.6 Å². The van der Waals surface area contributed by atoms with Gasteiger partial charge in [-0.05, 0) is 36.8 Å². The van der Waals surface area contributed by atoms with E-state index in [9.17, 15) is 9.59 Å². The fourth-order valence-corrected chi connectivity index (χ4v) is 4.42. The van der Waals surface area contributed by atoms with E-state index >= 15 is 0 Å². The summed E-state index contributed by atoms with van der Waals surface area (Å²) in [6.45, 7) is 4.97. The van der Waals surface area contributed by atoms with Gasteiger partial charge in [-0.15, -0.1) is 11.6 Å². The number of hydrogen-bond donors (Lipinski definition) is 2. The normalized spacial score (nSPS) is 18.2. The molecule has 2 N–H and O–H groups in total. The summed E-state index contributed by atoms with van der Waals surface area (Å²) in [5.41, 5.74) is 3.06. The third-order valence-corrected chi connectivity index (χ3v) is 6.67. The molecule has 37 heavy (non-hydrogen) atoms. The van der Waals surface area contributed by atoms with Crippen molar-refractivity contribution in [1.82, 2.24) is 24.9 Å². The number of nitrogens with one attached hydrogen (secondary N) is 2. The van der Waals surface area contributed by atoms with Crippen molar-refractivity contribution in [1.29, 1.82) is 0 Å². The highest BCUT2D eigenvalue weighted by Crippen LogP contribution is 2.32. The van der Waals surface area contributed by atoms with E-state index in [1.54, 1.807) is 17.0 Å². The van der Waals surface area contributed by atoms with Crippen molar-refractivity contribution >= 4 is 29.3 Å². The maximum absolute atomic E-state index is 12.5. The lowest BCUT2D eigenvalue weighted by atomic mass is 10.1. The second-order valence-corrected chi connectivity index (χ2v) is 9.50. The average molecular weight is 529 g/mol. The molecule has 1 atom stereocenters. The number of allylic oxidation sites excluding steroid dienone is 3. The Morgan fingerprint density at radius 3 is 2.59 bits per heavy atom. The van der Waals surface area contributed by atoms with Gasteiger partial charge in [-0.25, -0.2) is 4.79 Å². The van der Waals surface area contributed by atoms with E-state index < -0.39 is 0 Å². The van der Waals surface area contributed by atoms with Gasteiger partial charge in [0.25, 0.3) is 0 Å². The molecule has 2 amide bonds. The summed E-state index contributed by atoms with van der Waals surface area (Å²) in [7, 11) is 3.28. The molecule has 1 fully saturated rings. The van der Waals surface area contributed by atoms with Crippen molar-refractivity contribution in [2.75, 3.05) is 58.3 Å². The number of ether oxygens (including phenoxy) is 2. The monoisotopic (exact) mass is 528 g/mol. The number of esters is 1. The summed E-state index contributed by atoms with van der Waals surface area (Å²) in [5.74, 6) is 0.507. The van der Waals surface area contributed by atoms with E-state index in [0.717, 1.165) is 44.0 Å². The van der Waals surface area contributed by atoms with Crippen LogP contribution in [0.2, 0.25) is 0 Å². The summed E-state index contributed by atoms with van der Waals surface area (Å²) in [6.07, 6.45) is 7.96. The number of methoxy groups -OCH3 is 1. The summed E-state index contributed by atoms with van der Waals surface area (Å²) in [6, 6.07) is 7.15. The Bertz CT molecular complexity index is 1160. The van der Waals surface area contributed by atoms with E-state index in [4.69, 9.17) is 21.1 Å². The maximum Gasteiger partial charge on any atom is 0.323 e. The maximum atomic E-state index is 12.5. The summed E-state index contributed by atoms with van der Waals surface area (Å²) < 4.78 is 12.7. The van der Waals surface area contributed by atoms with Crippen LogP contribution in [0.15, 0.2) is 54.4 Å². The number of benzene rings is 1. The minimum absolute atomic E-state index is 0.0428. The molecule has 0 spiro atoms. The van der Waals surface area contributed by atoms with Crippen molar-refractivity contribution in [2.45, 2.75) is 11.8 Å². The van der Waals surface area contributed by atoms with Gasteiger partial charge in [0.1, 0.15) is 12.4 Å². The fourth-order valence-electron chi connectivity index (χ4n) is 4.26. The number of hydrogen-bond acceptors (Lipinski definition) is 7. The van der Waals surface area contributed by atoms with Crippen molar-refractivity contribution in [2.24, 2.45) is 7.05 Å². The number of piperazine rings is 1. The standard InChI is InChI=1S/C26H33ClN6O4/c1-31-23(9-10-28-31)22-17-21(30-26(35)29-20-5-3-19(27)4-6-20)7-8-24(22)37-16-15-32-11-13-33(14-12-32)18-25(34)36-2/h3,5-10,17,19H,4,11-16,18H2,1-2H3,(H2,29,30,35). The number of amides is 2. The largest absolute Gasteiger partial charge is 0.492 e. The lowest BCUT2D eigenvalue weighted by Crippen LogP contribution is -2.48. The van der Waals surface area contributed by atoms with Crippen LogP contribution in [0.25, 0.3) is 11.3 Å². The van der Waals surface area contributed by atoms with Gasteiger partial charge >= 0.3 is 12.0 Å². The predicted octanol–water partition coefficient (Wildman–Crippen LogP) is 2.83. The number of carbonyl (C=O) groups excluding carboxylic acids is 2. The molecule has 1 aliphatic carbocycles. The Kier molecular flexibility index (Phi) is 9.21. The van der Waals surface area contributed by atoms with E-state index in [2.05, 4.69) is 25.5 Å². The van der Waals surface area contributed by atoms with Gasteiger partial charge in [-0.3, -0.25) is 19.3 Å². The van der Waals surface area contributed by atoms with Gasteiger partial charge in [0, 0.05) is 62.9 Å². The van der Waals surface area contributed by atoms with Gasteiger partial charge in [-0.2, -0.15) is 5.10 Å². The van der Waals surface area contributed by atoms with Crippen LogP contribution in [0.5, 0.6) is 5.75 Å². The summed E-state index contributed by atoms with van der Waals surface area (Å²) in [5, 5.41) is 9.97. The number of aromatic nitrogens is 2.